The second kappa shape index (κ2) is 9.77. The molecule has 0 atom stereocenters. The Morgan fingerprint density at radius 3 is 2.38 bits per heavy atom. The lowest BCUT2D eigenvalue weighted by Gasteiger charge is -2.10. The van der Waals surface area contributed by atoms with Crippen LogP contribution in [0.25, 0.3) is 0 Å². The Bertz CT molecular complexity index is 440. The molecule has 1 N–H and O–H groups in total. The number of aryl methyl sites for hydroxylation is 2. The molecule has 0 radical (unpaired) electrons. The number of amides is 1. The van der Waals surface area contributed by atoms with Gasteiger partial charge in [-0.25, -0.2) is 9.97 Å². The van der Waals surface area contributed by atoms with E-state index < -0.39 is 0 Å². The summed E-state index contributed by atoms with van der Waals surface area (Å²) in [5, 5.41) is 3.79. The number of nitrogens with zero attached hydrogens (tertiary/aromatic N) is 2. The van der Waals surface area contributed by atoms with Crippen LogP contribution in [0.5, 0.6) is 0 Å². The minimum Gasteiger partial charge on any atom is -0.356 e. The van der Waals surface area contributed by atoms with E-state index in [0.717, 1.165) is 35.1 Å². The molecule has 1 amide bonds. The Morgan fingerprint density at radius 2 is 1.81 bits per heavy atom. The molecule has 0 saturated heterocycles. The SMILES string of the molecule is CCCCCCNC(=O)CCc1c(C)nc(SC)nc1C. The van der Waals surface area contributed by atoms with Gasteiger partial charge in [-0.2, -0.15) is 0 Å². The van der Waals surface area contributed by atoms with Crippen molar-refractivity contribution >= 4 is 17.7 Å². The number of hydrogen-bond donors (Lipinski definition) is 1. The normalized spacial score (nSPS) is 10.7. The fourth-order valence-corrected chi connectivity index (χ4v) is 2.72. The van der Waals surface area contributed by atoms with Crippen molar-refractivity contribution in [2.75, 3.05) is 12.8 Å². The van der Waals surface area contributed by atoms with Crippen LogP contribution >= 0.6 is 11.8 Å². The topological polar surface area (TPSA) is 54.9 Å². The molecule has 5 heteroatoms. The van der Waals surface area contributed by atoms with Crippen LogP contribution in [0.3, 0.4) is 0 Å². The maximum Gasteiger partial charge on any atom is 0.220 e. The van der Waals surface area contributed by atoms with Crippen LogP contribution in [-0.4, -0.2) is 28.7 Å². The van der Waals surface area contributed by atoms with Crippen molar-refractivity contribution in [3.63, 3.8) is 0 Å². The van der Waals surface area contributed by atoms with E-state index in [1.807, 2.05) is 20.1 Å². The molecular formula is C16H27N3OS. The Hall–Kier alpha value is -1.10. The molecule has 1 aromatic rings. The van der Waals surface area contributed by atoms with Crippen LogP contribution in [0.15, 0.2) is 5.16 Å². The minimum atomic E-state index is 0.124. The molecule has 21 heavy (non-hydrogen) atoms. The maximum absolute atomic E-state index is 11.8. The summed E-state index contributed by atoms with van der Waals surface area (Å²) < 4.78 is 0. The lowest BCUT2D eigenvalue weighted by molar-refractivity contribution is -0.121. The molecule has 0 fully saturated rings. The number of rotatable bonds is 9. The number of thioether (sulfide) groups is 1. The highest BCUT2D eigenvalue weighted by Crippen LogP contribution is 2.17. The van der Waals surface area contributed by atoms with Gasteiger partial charge in [0.25, 0.3) is 0 Å². The van der Waals surface area contributed by atoms with Crippen LogP contribution in [0.4, 0.5) is 0 Å². The molecule has 118 valence electrons. The molecule has 0 unspecified atom stereocenters. The molecule has 0 aliphatic rings. The first-order valence-corrected chi connectivity index (χ1v) is 8.95. The number of carbonyl (C=O) groups is 1. The summed E-state index contributed by atoms with van der Waals surface area (Å²) in [6.45, 7) is 6.96. The summed E-state index contributed by atoms with van der Waals surface area (Å²) in [5.74, 6) is 0.124. The monoisotopic (exact) mass is 309 g/mol. The fraction of sp³-hybridized carbons (Fsp3) is 0.688. The first-order valence-electron chi connectivity index (χ1n) is 7.73. The smallest absolute Gasteiger partial charge is 0.220 e. The van der Waals surface area contributed by atoms with Gasteiger partial charge in [-0.1, -0.05) is 37.9 Å². The standard InChI is InChI=1S/C16H27N3OS/c1-5-6-7-8-11-17-15(20)10-9-14-12(2)18-16(21-4)19-13(14)3/h5-11H2,1-4H3,(H,17,20). The highest BCUT2D eigenvalue weighted by atomic mass is 32.2. The third-order valence-electron chi connectivity index (χ3n) is 3.54. The lowest BCUT2D eigenvalue weighted by atomic mass is 10.1. The zero-order chi connectivity index (χ0) is 15.7. The Balaban J connectivity index is 2.39. The van der Waals surface area contributed by atoms with Gasteiger partial charge in [-0.15, -0.1) is 0 Å². The van der Waals surface area contributed by atoms with Crippen molar-refractivity contribution in [2.24, 2.45) is 0 Å². The third-order valence-corrected chi connectivity index (χ3v) is 4.09. The molecule has 0 bridgehead atoms. The lowest BCUT2D eigenvalue weighted by Crippen LogP contribution is -2.24. The molecule has 0 spiro atoms. The van der Waals surface area contributed by atoms with Gasteiger partial charge in [0, 0.05) is 24.4 Å². The molecule has 4 nitrogen and oxygen atoms in total. The second-order valence-corrected chi connectivity index (χ2v) is 6.04. The minimum absolute atomic E-state index is 0.124. The Morgan fingerprint density at radius 1 is 1.14 bits per heavy atom. The van der Waals surface area contributed by atoms with E-state index in [4.69, 9.17) is 0 Å². The van der Waals surface area contributed by atoms with Crippen molar-refractivity contribution in [2.45, 2.75) is 64.5 Å². The van der Waals surface area contributed by atoms with E-state index in [-0.39, 0.29) is 5.91 Å². The number of aromatic nitrogens is 2. The summed E-state index contributed by atoms with van der Waals surface area (Å²) in [6.07, 6.45) is 7.93. The van der Waals surface area contributed by atoms with Crippen LogP contribution in [0, 0.1) is 13.8 Å². The van der Waals surface area contributed by atoms with Gasteiger partial charge in [-0.05, 0) is 38.5 Å². The number of unbranched alkanes of at least 4 members (excludes halogenated alkanes) is 3. The van der Waals surface area contributed by atoms with Gasteiger partial charge in [0.1, 0.15) is 0 Å². The molecule has 1 aromatic heterocycles. The van der Waals surface area contributed by atoms with Crippen molar-refractivity contribution in [1.29, 1.82) is 0 Å². The number of hydrogen-bond acceptors (Lipinski definition) is 4. The zero-order valence-corrected chi connectivity index (χ0v) is 14.5. The average Bonchev–Trinajstić information content (AvgIpc) is 2.45. The maximum atomic E-state index is 11.8. The summed E-state index contributed by atoms with van der Waals surface area (Å²) >= 11 is 1.55. The highest BCUT2D eigenvalue weighted by Gasteiger charge is 2.10. The second-order valence-electron chi connectivity index (χ2n) is 5.27. The van der Waals surface area contributed by atoms with Crippen molar-refractivity contribution in [1.82, 2.24) is 15.3 Å². The Kier molecular flexibility index (Phi) is 8.35. The van der Waals surface area contributed by atoms with E-state index in [9.17, 15) is 4.79 Å². The average molecular weight is 309 g/mol. The van der Waals surface area contributed by atoms with Crippen LogP contribution < -0.4 is 5.32 Å². The van der Waals surface area contributed by atoms with Crippen LogP contribution in [-0.2, 0) is 11.2 Å². The van der Waals surface area contributed by atoms with E-state index >= 15 is 0 Å². The van der Waals surface area contributed by atoms with E-state index in [0.29, 0.717) is 12.8 Å². The van der Waals surface area contributed by atoms with Gasteiger partial charge in [-0.3, -0.25) is 4.79 Å². The van der Waals surface area contributed by atoms with Crippen LogP contribution in [0.2, 0.25) is 0 Å². The molecule has 0 aromatic carbocycles. The zero-order valence-electron chi connectivity index (χ0n) is 13.7. The van der Waals surface area contributed by atoms with Gasteiger partial charge in [0.05, 0.1) is 0 Å². The van der Waals surface area contributed by atoms with E-state index in [2.05, 4.69) is 22.2 Å². The third kappa shape index (κ3) is 6.46. The molecule has 1 rings (SSSR count). The first-order chi connectivity index (χ1) is 10.1. The largest absolute Gasteiger partial charge is 0.356 e. The predicted octanol–water partition coefficient (Wildman–Crippen LogP) is 3.44. The summed E-state index contributed by atoms with van der Waals surface area (Å²) in [4.78, 5) is 20.7. The first kappa shape index (κ1) is 18.0. The number of carbonyl (C=O) groups excluding carboxylic acids is 1. The fourth-order valence-electron chi connectivity index (χ4n) is 2.27. The molecule has 0 aliphatic heterocycles. The summed E-state index contributed by atoms with van der Waals surface area (Å²) in [6, 6.07) is 0. The molecule has 0 saturated carbocycles. The quantitative estimate of drug-likeness (QED) is 0.431. The molecule has 0 aliphatic carbocycles. The van der Waals surface area contributed by atoms with Gasteiger partial charge >= 0.3 is 0 Å². The van der Waals surface area contributed by atoms with E-state index in [1.165, 1.54) is 19.3 Å². The van der Waals surface area contributed by atoms with Gasteiger partial charge in [0.2, 0.25) is 5.91 Å². The van der Waals surface area contributed by atoms with Gasteiger partial charge in [0.15, 0.2) is 5.16 Å². The van der Waals surface area contributed by atoms with E-state index in [1.54, 1.807) is 11.8 Å². The molecule has 1 heterocycles. The summed E-state index contributed by atoms with van der Waals surface area (Å²) in [7, 11) is 0. The van der Waals surface area contributed by atoms with Gasteiger partial charge < -0.3 is 5.32 Å². The van der Waals surface area contributed by atoms with Crippen molar-refractivity contribution in [3.8, 4) is 0 Å². The number of nitrogens with one attached hydrogen (secondary N) is 1. The Labute approximate surface area is 132 Å². The summed E-state index contributed by atoms with van der Waals surface area (Å²) in [5.41, 5.74) is 3.08. The van der Waals surface area contributed by atoms with Crippen molar-refractivity contribution in [3.05, 3.63) is 17.0 Å². The molecular weight excluding hydrogens is 282 g/mol. The van der Waals surface area contributed by atoms with Crippen molar-refractivity contribution < 1.29 is 4.79 Å². The predicted molar refractivity (Wildman–Crippen MR) is 88.8 cm³/mol. The van der Waals surface area contributed by atoms with Crippen LogP contribution in [0.1, 0.15) is 56.0 Å². The highest BCUT2D eigenvalue weighted by molar-refractivity contribution is 7.98.